The monoisotopic (exact) mass is 511 g/mol. The Morgan fingerprint density at radius 3 is 2.68 bits per heavy atom. The van der Waals surface area contributed by atoms with Crippen LogP contribution in [0.3, 0.4) is 0 Å². The van der Waals surface area contributed by atoms with Gasteiger partial charge in [0, 0.05) is 49.8 Å². The second-order valence-electron chi connectivity index (χ2n) is 10.1. The topological polar surface area (TPSA) is 89.9 Å². The predicted molar refractivity (Wildman–Crippen MR) is 142 cm³/mol. The maximum absolute atomic E-state index is 13.8. The molecule has 0 radical (unpaired) electrons. The van der Waals surface area contributed by atoms with Crippen LogP contribution in [0.4, 0.5) is 0 Å². The molecule has 1 fully saturated rings. The zero-order valence-electron chi connectivity index (χ0n) is 20.9. The average Bonchev–Trinajstić information content (AvgIpc) is 3.40. The molecule has 38 heavy (non-hydrogen) atoms. The van der Waals surface area contributed by atoms with Crippen LogP contribution in [0.1, 0.15) is 29.2 Å². The summed E-state index contributed by atoms with van der Waals surface area (Å²) in [5.74, 6) is 1.21. The van der Waals surface area contributed by atoms with E-state index in [1.54, 1.807) is 24.3 Å². The second-order valence-corrected chi connectivity index (χ2v) is 10.1. The van der Waals surface area contributed by atoms with Crippen molar-refractivity contribution >= 4 is 17.9 Å². The van der Waals surface area contributed by atoms with Crippen molar-refractivity contribution in [2.24, 2.45) is 5.92 Å². The van der Waals surface area contributed by atoms with Crippen molar-refractivity contribution in [1.82, 2.24) is 14.8 Å². The molecule has 0 aliphatic carbocycles. The molecule has 3 atom stereocenters. The number of benzene rings is 2. The lowest BCUT2D eigenvalue weighted by Crippen LogP contribution is -2.55. The molecule has 8 heteroatoms. The molecule has 4 heterocycles. The summed E-state index contributed by atoms with van der Waals surface area (Å²) in [7, 11) is 0. The number of piperidine rings is 1. The summed E-state index contributed by atoms with van der Waals surface area (Å²) in [4.78, 5) is 41.1. The molecule has 2 aromatic carbocycles. The van der Waals surface area contributed by atoms with Crippen molar-refractivity contribution in [3.8, 4) is 11.5 Å². The Labute approximate surface area is 220 Å². The third kappa shape index (κ3) is 4.94. The molecule has 8 nitrogen and oxygen atoms in total. The molecule has 3 aliphatic rings. The Morgan fingerprint density at radius 2 is 1.82 bits per heavy atom. The van der Waals surface area contributed by atoms with Gasteiger partial charge in [0.05, 0.1) is 0 Å². The standard InChI is InChI=1S/C30H29N3O5/c34-28(12-10-21-9-11-26-27(15-21)38-19-37-26)31-24(14-20-5-2-1-3-6-20)30(36)32-16-22-13-23(18-32)25-7-4-8-29(35)33(25)17-22/h1-12,15,22-24H,13-14,16-19H2,(H,31,34)/t22?,23?,24-/m0/s1. The van der Waals surface area contributed by atoms with Gasteiger partial charge in [-0.25, -0.2) is 0 Å². The summed E-state index contributed by atoms with van der Waals surface area (Å²) in [5, 5.41) is 2.95. The number of rotatable bonds is 6. The van der Waals surface area contributed by atoms with E-state index >= 15 is 0 Å². The molecule has 2 bridgehead atoms. The SMILES string of the molecule is O=C(C=Cc1ccc2c(c1)OCO2)N[C@@H](Cc1ccccc1)C(=O)N1CC2CC(C1)c1cccc(=O)n1C2. The first-order chi connectivity index (χ1) is 18.5. The summed E-state index contributed by atoms with van der Waals surface area (Å²) in [6, 6.07) is 19.8. The lowest BCUT2D eigenvalue weighted by Gasteiger charge is -2.43. The third-order valence-electron chi connectivity index (χ3n) is 7.51. The van der Waals surface area contributed by atoms with E-state index in [-0.39, 0.29) is 36.0 Å². The number of aromatic nitrogens is 1. The van der Waals surface area contributed by atoms with E-state index in [2.05, 4.69) is 5.32 Å². The van der Waals surface area contributed by atoms with Crippen LogP contribution >= 0.6 is 0 Å². The van der Waals surface area contributed by atoms with Crippen LogP contribution in [0.2, 0.25) is 0 Å². The minimum absolute atomic E-state index is 0.0143. The Morgan fingerprint density at radius 1 is 0.974 bits per heavy atom. The number of hydrogen-bond acceptors (Lipinski definition) is 5. The summed E-state index contributed by atoms with van der Waals surface area (Å²) >= 11 is 0. The first-order valence-corrected chi connectivity index (χ1v) is 12.9. The van der Waals surface area contributed by atoms with Gasteiger partial charge in [-0.3, -0.25) is 14.4 Å². The van der Waals surface area contributed by atoms with Crippen molar-refractivity contribution in [3.05, 3.63) is 100.0 Å². The van der Waals surface area contributed by atoms with Crippen molar-refractivity contribution in [3.63, 3.8) is 0 Å². The first kappa shape index (κ1) is 24.0. The van der Waals surface area contributed by atoms with Gasteiger partial charge in [0.2, 0.25) is 18.6 Å². The highest BCUT2D eigenvalue weighted by Gasteiger charge is 2.38. The maximum atomic E-state index is 13.8. The van der Waals surface area contributed by atoms with E-state index < -0.39 is 6.04 Å². The normalized spacial score (nSPS) is 20.2. The molecule has 6 rings (SSSR count). The molecular formula is C30H29N3O5. The van der Waals surface area contributed by atoms with Gasteiger partial charge in [0.15, 0.2) is 11.5 Å². The predicted octanol–water partition coefficient (Wildman–Crippen LogP) is 2.96. The van der Waals surface area contributed by atoms with Gasteiger partial charge in [-0.2, -0.15) is 0 Å². The van der Waals surface area contributed by atoms with Crippen LogP contribution in [-0.2, 0) is 22.6 Å². The molecule has 2 amide bonds. The molecule has 1 saturated heterocycles. The number of carbonyl (C=O) groups excluding carboxylic acids is 2. The molecule has 194 valence electrons. The van der Waals surface area contributed by atoms with Crippen LogP contribution in [0.25, 0.3) is 6.08 Å². The number of pyridine rings is 1. The number of nitrogens with one attached hydrogen (secondary N) is 1. The van der Waals surface area contributed by atoms with Crippen LogP contribution < -0.4 is 20.3 Å². The Hall–Kier alpha value is -4.33. The van der Waals surface area contributed by atoms with Crippen LogP contribution in [-0.4, -0.2) is 47.2 Å². The Balaban J connectivity index is 1.19. The summed E-state index contributed by atoms with van der Waals surface area (Å²) in [5.41, 5.74) is 2.77. The molecule has 0 saturated carbocycles. The maximum Gasteiger partial charge on any atom is 0.250 e. The molecule has 2 unspecified atom stereocenters. The molecule has 3 aliphatic heterocycles. The van der Waals surface area contributed by atoms with Crippen molar-refractivity contribution < 1.29 is 19.1 Å². The van der Waals surface area contributed by atoms with Crippen molar-refractivity contribution in [2.75, 3.05) is 19.9 Å². The van der Waals surface area contributed by atoms with Crippen molar-refractivity contribution in [1.29, 1.82) is 0 Å². The van der Waals surface area contributed by atoms with Gasteiger partial charge in [-0.15, -0.1) is 0 Å². The Bertz CT molecular complexity index is 1450. The molecular weight excluding hydrogens is 482 g/mol. The molecule has 1 aromatic heterocycles. The van der Waals surface area contributed by atoms with Gasteiger partial charge in [0.25, 0.3) is 5.56 Å². The minimum Gasteiger partial charge on any atom is -0.454 e. The fourth-order valence-electron chi connectivity index (χ4n) is 5.76. The summed E-state index contributed by atoms with van der Waals surface area (Å²) in [6.07, 6.45) is 4.49. The van der Waals surface area contributed by atoms with Gasteiger partial charge in [0.1, 0.15) is 6.04 Å². The first-order valence-electron chi connectivity index (χ1n) is 12.9. The molecule has 3 aromatic rings. The van der Waals surface area contributed by atoms with E-state index in [1.807, 2.05) is 58.0 Å². The van der Waals surface area contributed by atoms with E-state index in [0.717, 1.165) is 23.2 Å². The quantitative estimate of drug-likeness (QED) is 0.514. The van der Waals surface area contributed by atoms with Crippen molar-refractivity contribution in [2.45, 2.75) is 31.3 Å². The van der Waals surface area contributed by atoms with Gasteiger partial charge in [-0.05, 0) is 47.7 Å². The molecule has 1 N–H and O–H groups in total. The van der Waals surface area contributed by atoms with Crippen LogP contribution in [0, 0.1) is 5.92 Å². The number of fused-ring (bicyclic) bond motifs is 5. The number of nitrogens with zero attached hydrogens (tertiary/aromatic N) is 2. The Kier molecular flexibility index (Phi) is 6.45. The highest BCUT2D eigenvalue weighted by atomic mass is 16.7. The fourth-order valence-corrected chi connectivity index (χ4v) is 5.76. The highest BCUT2D eigenvalue weighted by molar-refractivity contribution is 5.95. The summed E-state index contributed by atoms with van der Waals surface area (Å²) in [6.45, 7) is 1.91. The number of hydrogen-bond donors (Lipinski definition) is 1. The molecule has 0 spiro atoms. The third-order valence-corrected chi connectivity index (χ3v) is 7.51. The smallest absolute Gasteiger partial charge is 0.250 e. The second kappa shape index (κ2) is 10.2. The van der Waals surface area contributed by atoms with E-state index in [0.29, 0.717) is 37.6 Å². The zero-order chi connectivity index (χ0) is 26.1. The van der Waals surface area contributed by atoms with Gasteiger partial charge < -0.3 is 24.3 Å². The van der Waals surface area contributed by atoms with E-state index in [1.165, 1.54) is 6.08 Å². The van der Waals surface area contributed by atoms with Crippen LogP contribution in [0.15, 0.2) is 77.6 Å². The van der Waals surface area contributed by atoms with Gasteiger partial charge >= 0.3 is 0 Å². The van der Waals surface area contributed by atoms with Gasteiger partial charge in [-0.1, -0.05) is 42.5 Å². The fraction of sp³-hybridized carbons (Fsp3) is 0.300. The highest BCUT2D eigenvalue weighted by Crippen LogP contribution is 2.35. The zero-order valence-corrected chi connectivity index (χ0v) is 20.9. The number of carbonyl (C=O) groups is 2. The van der Waals surface area contributed by atoms with E-state index in [4.69, 9.17) is 9.47 Å². The number of ether oxygens (including phenoxy) is 2. The number of likely N-dealkylation sites (tertiary alicyclic amines) is 1. The summed E-state index contributed by atoms with van der Waals surface area (Å²) < 4.78 is 12.6. The largest absolute Gasteiger partial charge is 0.454 e. The minimum atomic E-state index is -0.705. The average molecular weight is 512 g/mol. The lowest BCUT2D eigenvalue weighted by molar-refractivity contribution is -0.138. The van der Waals surface area contributed by atoms with E-state index in [9.17, 15) is 14.4 Å². The van der Waals surface area contributed by atoms with Crippen LogP contribution in [0.5, 0.6) is 11.5 Å². The number of amides is 2. The lowest BCUT2D eigenvalue weighted by atomic mass is 9.83.